The zero-order valence-corrected chi connectivity index (χ0v) is 11.1. The van der Waals surface area contributed by atoms with Crippen LogP contribution in [-0.4, -0.2) is 52.3 Å². The van der Waals surface area contributed by atoms with Gasteiger partial charge in [0.1, 0.15) is 6.04 Å². The van der Waals surface area contributed by atoms with Crippen LogP contribution in [0.2, 0.25) is 0 Å². The number of thioether (sulfide) groups is 1. The number of amides is 2. The number of carboxylic acids is 2. The number of aliphatic carboxylic acids is 2. The van der Waals surface area contributed by atoms with Gasteiger partial charge in [-0.1, -0.05) is 0 Å². The van der Waals surface area contributed by atoms with Gasteiger partial charge >= 0.3 is 18.0 Å². The van der Waals surface area contributed by atoms with Crippen LogP contribution in [0, 0.1) is 0 Å². The fraction of sp³-hybridized carbons (Fsp3) is 0.700. The molecule has 4 N–H and O–H groups in total. The van der Waals surface area contributed by atoms with Crippen LogP contribution in [0.15, 0.2) is 0 Å². The molecule has 0 saturated carbocycles. The van der Waals surface area contributed by atoms with Crippen molar-refractivity contribution in [3.8, 4) is 0 Å². The molecule has 0 aliphatic heterocycles. The van der Waals surface area contributed by atoms with Crippen molar-refractivity contribution < 1.29 is 24.6 Å². The molecule has 104 valence electrons. The molecule has 0 aliphatic rings. The summed E-state index contributed by atoms with van der Waals surface area (Å²) in [5, 5.41) is 22.1. The smallest absolute Gasteiger partial charge is 0.326 e. The zero-order chi connectivity index (χ0) is 14.1. The minimum Gasteiger partial charge on any atom is -0.481 e. The first-order chi connectivity index (χ1) is 8.36. The fourth-order valence-electron chi connectivity index (χ4n) is 1.24. The first-order valence-corrected chi connectivity index (χ1v) is 6.76. The van der Waals surface area contributed by atoms with E-state index in [1.54, 1.807) is 18.7 Å². The molecule has 0 spiro atoms. The molecule has 1 unspecified atom stereocenters. The Bertz CT molecular complexity index is 311. The van der Waals surface area contributed by atoms with Gasteiger partial charge < -0.3 is 20.8 Å². The summed E-state index contributed by atoms with van der Waals surface area (Å²) in [5.41, 5.74) is 0. The Kier molecular flexibility index (Phi) is 7.93. The summed E-state index contributed by atoms with van der Waals surface area (Å²) in [7, 11) is 0. The van der Waals surface area contributed by atoms with Crippen molar-refractivity contribution >= 4 is 29.7 Å². The first-order valence-electron chi connectivity index (χ1n) is 5.37. The quantitative estimate of drug-likeness (QED) is 0.509. The molecule has 8 heteroatoms. The number of nitrogens with one attached hydrogen (secondary N) is 2. The molecule has 0 radical (unpaired) electrons. The molecule has 2 atom stereocenters. The van der Waals surface area contributed by atoms with E-state index in [0.29, 0.717) is 5.75 Å². The van der Waals surface area contributed by atoms with E-state index in [-0.39, 0.29) is 18.9 Å². The van der Waals surface area contributed by atoms with Crippen LogP contribution in [0.25, 0.3) is 0 Å². The molecule has 0 rings (SSSR count). The van der Waals surface area contributed by atoms with E-state index in [1.165, 1.54) is 0 Å². The number of rotatable bonds is 8. The van der Waals surface area contributed by atoms with Crippen molar-refractivity contribution in [1.82, 2.24) is 10.6 Å². The Labute approximate surface area is 109 Å². The summed E-state index contributed by atoms with van der Waals surface area (Å²) in [6, 6.07) is -1.88. The van der Waals surface area contributed by atoms with Gasteiger partial charge in [-0.2, -0.15) is 11.8 Å². The van der Waals surface area contributed by atoms with Gasteiger partial charge in [0.2, 0.25) is 0 Å². The summed E-state index contributed by atoms with van der Waals surface area (Å²) >= 11 is 1.55. The maximum Gasteiger partial charge on any atom is 0.326 e. The topological polar surface area (TPSA) is 116 Å². The van der Waals surface area contributed by atoms with E-state index in [1.807, 2.05) is 6.26 Å². The van der Waals surface area contributed by atoms with Crippen molar-refractivity contribution in [2.75, 3.05) is 12.0 Å². The normalized spacial score (nSPS) is 13.4. The Morgan fingerprint density at radius 2 is 1.83 bits per heavy atom. The largest absolute Gasteiger partial charge is 0.481 e. The summed E-state index contributed by atoms with van der Waals surface area (Å²) in [6.45, 7) is 1.79. The average molecular weight is 278 g/mol. The molecule has 0 bridgehead atoms. The van der Waals surface area contributed by atoms with Gasteiger partial charge in [0.05, 0.1) is 0 Å². The molecule has 0 saturated heterocycles. The molecule has 0 aliphatic carbocycles. The van der Waals surface area contributed by atoms with Gasteiger partial charge in [-0.25, -0.2) is 9.59 Å². The fourth-order valence-corrected chi connectivity index (χ4v) is 1.82. The molecule has 18 heavy (non-hydrogen) atoms. The van der Waals surface area contributed by atoms with Gasteiger partial charge in [-0.3, -0.25) is 4.79 Å². The summed E-state index contributed by atoms with van der Waals surface area (Å²) < 4.78 is 0. The third-order valence-electron chi connectivity index (χ3n) is 2.04. The number of carbonyl (C=O) groups is 3. The maximum absolute atomic E-state index is 11.4. The van der Waals surface area contributed by atoms with Crippen LogP contribution >= 0.6 is 11.8 Å². The molecular formula is C10H18N2O5S. The molecule has 0 fully saturated rings. The maximum atomic E-state index is 11.4. The third kappa shape index (κ3) is 7.77. The van der Waals surface area contributed by atoms with Crippen molar-refractivity contribution in [1.29, 1.82) is 0 Å². The van der Waals surface area contributed by atoms with Crippen LogP contribution in [0.5, 0.6) is 0 Å². The molecule has 7 nitrogen and oxygen atoms in total. The highest BCUT2D eigenvalue weighted by atomic mass is 32.2. The number of hydrogen-bond donors (Lipinski definition) is 4. The van der Waals surface area contributed by atoms with Crippen molar-refractivity contribution in [3.05, 3.63) is 0 Å². The molecule has 0 aromatic carbocycles. The molecular weight excluding hydrogens is 260 g/mol. The van der Waals surface area contributed by atoms with E-state index < -0.39 is 24.0 Å². The lowest BCUT2D eigenvalue weighted by atomic mass is 10.1. The highest BCUT2D eigenvalue weighted by Crippen LogP contribution is 1.99. The molecule has 2 amide bonds. The lowest BCUT2D eigenvalue weighted by Gasteiger charge is -2.17. The van der Waals surface area contributed by atoms with E-state index in [0.717, 1.165) is 0 Å². The highest BCUT2D eigenvalue weighted by molar-refractivity contribution is 7.98. The number of hydrogen-bond acceptors (Lipinski definition) is 4. The van der Waals surface area contributed by atoms with Crippen LogP contribution in [0.1, 0.15) is 19.8 Å². The second kappa shape index (κ2) is 8.62. The summed E-state index contributed by atoms with van der Waals surface area (Å²) in [5.74, 6) is -1.64. The number of urea groups is 1. The van der Waals surface area contributed by atoms with Gasteiger partial charge in [-0.05, 0) is 19.6 Å². The second-order valence-electron chi connectivity index (χ2n) is 3.80. The van der Waals surface area contributed by atoms with Crippen LogP contribution in [-0.2, 0) is 9.59 Å². The van der Waals surface area contributed by atoms with Crippen molar-refractivity contribution in [2.45, 2.75) is 31.8 Å². The van der Waals surface area contributed by atoms with E-state index in [4.69, 9.17) is 10.2 Å². The molecule has 0 aromatic heterocycles. The van der Waals surface area contributed by atoms with Gasteiger partial charge in [0.25, 0.3) is 0 Å². The summed E-state index contributed by atoms with van der Waals surface area (Å²) in [4.78, 5) is 32.6. The van der Waals surface area contributed by atoms with Crippen LogP contribution in [0.4, 0.5) is 4.79 Å². The minimum atomic E-state index is -1.25. The number of carboxylic acid groups (broad SMARTS) is 2. The van der Waals surface area contributed by atoms with Crippen LogP contribution in [0.3, 0.4) is 0 Å². The van der Waals surface area contributed by atoms with E-state index in [9.17, 15) is 14.4 Å². The Morgan fingerprint density at radius 3 is 2.28 bits per heavy atom. The van der Waals surface area contributed by atoms with Gasteiger partial charge in [0.15, 0.2) is 0 Å². The van der Waals surface area contributed by atoms with E-state index >= 15 is 0 Å². The first kappa shape index (κ1) is 16.6. The standard InChI is InChI=1S/C10H18N2O5S/c1-6(5-18-2)11-10(17)12-7(9(15)16)3-4-8(13)14/h6-7H,3-5H2,1-2H3,(H,13,14)(H,15,16)(H2,11,12,17)/t6?,7-/m0/s1. The molecule has 0 heterocycles. The monoisotopic (exact) mass is 278 g/mol. The van der Waals surface area contributed by atoms with Crippen molar-refractivity contribution in [2.24, 2.45) is 0 Å². The Balaban J connectivity index is 4.19. The van der Waals surface area contributed by atoms with Crippen LogP contribution < -0.4 is 10.6 Å². The Hall–Kier alpha value is -1.44. The lowest BCUT2D eigenvalue weighted by Crippen LogP contribution is -2.49. The predicted molar refractivity (Wildman–Crippen MR) is 67.8 cm³/mol. The zero-order valence-electron chi connectivity index (χ0n) is 10.3. The third-order valence-corrected chi connectivity index (χ3v) is 2.88. The lowest BCUT2D eigenvalue weighted by molar-refractivity contribution is -0.140. The van der Waals surface area contributed by atoms with Gasteiger partial charge in [0, 0.05) is 18.2 Å². The second-order valence-corrected chi connectivity index (χ2v) is 4.71. The minimum absolute atomic E-state index is 0.0890. The number of carbonyl (C=O) groups excluding carboxylic acids is 1. The SMILES string of the molecule is CSCC(C)NC(=O)N[C@@H](CCC(=O)O)C(=O)O. The highest BCUT2D eigenvalue weighted by Gasteiger charge is 2.21. The van der Waals surface area contributed by atoms with E-state index in [2.05, 4.69) is 10.6 Å². The summed E-state index contributed by atoms with van der Waals surface area (Å²) in [6.07, 6.45) is 1.44. The van der Waals surface area contributed by atoms with Gasteiger partial charge in [-0.15, -0.1) is 0 Å². The van der Waals surface area contributed by atoms with Crippen molar-refractivity contribution in [3.63, 3.8) is 0 Å². The predicted octanol–water partition coefficient (Wildman–Crippen LogP) is 0.355. The average Bonchev–Trinajstić information content (AvgIpc) is 2.23. The molecule has 0 aromatic rings. The Morgan fingerprint density at radius 1 is 1.22 bits per heavy atom.